The first-order valence-corrected chi connectivity index (χ1v) is 7.79. The lowest BCUT2D eigenvalue weighted by atomic mass is 9.80. The third kappa shape index (κ3) is 2.10. The summed E-state index contributed by atoms with van der Waals surface area (Å²) < 4.78 is 0. The molecule has 0 spiro atoms. The second kappa shape index (κ2) is 5.16. The molecule has 1 fully saturated rings. The Bertz CT molecular complexity index is 784. The van der Waals surface area contributed by atoms with E-state index in [2.05, 4.69) is 0 Å². The molecular weight excluding hydrogens is 290 g/mol. The second-order valence-corrected chi connectivity index (χ2v) is 6.03. The molecule has 2 amide bonds. The van der Waals surface area contributed by atoms with Gasteiger partial charge in [-0.3, -0.25) is 14.4 Å². The van der Waals surface area contributed by atoms with Gasteiger partial charge in [-0.2, -0.15) is 0 Å². The maximum absolute atomic E-state index is 12.4. The van der Waals surface area contributed by atoms with Crippen LogP contribution in [-0.4, -0.2) is 17.6 Å². The van der Waals surface area contributed by atoms with Crippen molar-refractivity contribution in [1.29, 1.82) is 0 Å². The number of ketones is 1. The van der Waals surface area contributed by atoms with Gasteiger partial charge in [-0.1, -0.05) is 18.6 Å². The molecule has 4 rings (SSSR count). The molecule has 1 saturated carbocycles. The number of amides is 2. The van der Waals surface area contributed by atoms with Crippen molar-refractivity contribution in [3.63, 3.8) is 0 Å². The average Bonchev–Trinajstić information content (AvgIpc) is 2.78. The summed E-state index contributed by atoms with van der Waals surface area (Å²) in [7, 11) is 0. The van der Waals surface area contributed by atoms with E-state index in [9.17, 15) is 14.4 Å². The van der Waals surface area contributed by atoms with Crippen LogP contribution in [0.4, 0.5) is 5.69 Å². The number of hydrogen-bond donors (Lipinski definition) is 0. The van der Waals surface area contributed by atoms with E-state index in [-0.39, 0.29) is 23.5 Å². The summed E-state index contributed by atoms with van der Waals surface area (Å²) in [5, 5.41) is 0. The zero-order valence-corrected chi connectivity index (χ0v) is 12.5. The molecule has 0 N–H and O–H groups in total. The molecule has 23 heavy (non-hydrogen) atoms. The molecular formula is C19H15NO3. The number of nitrogens with zero attached hydrogens (tertiary/aromatic N) is 1. The number of Topliss-reactive ketones (excluding diaryl/α,β-unsaturated/α-hetero) is 1. The van der Waals surface area contributed by atoms with Crippen LogP contribution in [0.15, 0.2) is 48.5 Å². The molecule has 1 aliphatic heterocycles. The van der Waals surface area contributed by atoms with E-state index < -0.39 is 0 Å². The first-order valence-electron chi connectivity index (χ1n) is 7.79. The van der Waals surface area contributed by atoms with Gasteiger partial charge in [0.05, 0.1) is 16.8 Å². The van der Waals surface area contributed by atoms with Crippen molar-refractivity contribution in [2.75, 3.05) is 4.90 Å². The molecule has 2 aromatic rings. The van der Waals surface area contributed by atoms with Gasteiger partial charge in [0, 0.05) is 11.5 Å². The number of fused-ring (bicyclic) bond motifs is 1. The number of anilines is 1. The minimum Gasteiger partial charge on any atom is -0.294 e. The van der Waals surface area contributed by atoms with Gasteiger partial charge in [-0.25, -0.2) is 4.90 Å². The Hall–Kier alpha value is -2.75. The Morgan fingerprint density at radius 3 is 1.91 bits per heavy atom. The summed E-state index contributed by atoms with van der Waals surface area (Å²) in [5.41, 5.74) is 2.00. The van der Waals surface area contributed by atoms with Crippen LogP contribution < -0.4 is 4.90 Å². The van der Waals surface area contributed by atoms with E-state index in [0.29, 0.717) is 22.4 Å². The van der Waals surface area contributed by atoms with Crippen LogP contribution in [0.2, 0.25) is 0 Å². The molecule has 0 unspecified atom stereocenters. The van der Waals surface area contributed by atoms with Crippen molar-refractivity contribution < 1.29 is 14.4 Å². The van der Waals surface area contributed by atoms with Crippen molar-refractivity contribution in [2.45, 2.75) is 19.3 Å². The molecule has 0 bridgehead atoms. The minimum atomic E-state index is -0.316. The van der Waals surface area contributed by atoms with Crippen LogP contribution in [0.3, 0.4) is 0 Å². The average molecular weight is 305 g/mol. The summed E-state index contributed by atoms with van der Waals surface area (Å²) in [6.07, 6.45) is 3.03. The van der Waals surface area contributed by atoms with Gasteiger partial charge < -0.3 is 0 Å². The molecule has 4 nitrogen and oxygen atoms in total. The van der Waals surface area contributed by atoms with Gasteiger partial charge in [0.15, 0.2) is 5.78 Å². The zero-order valence-electron chi connectivity index (χ0n) is 12.5. The lowest BCUT2D eigenvalue weighted by Crippen LogP contribution is -2.29. The Morgan fingerprint density at radius 2 is 1.43 bits per heavy atom. The Morgan fingerprint density at radius 1 is 0.870 bits per heavy atom. The lowest BCUT2D eigenvalue weighted by molar-refractivity contribution is 0.0854. The molecule has 114 valence electrons. The fourth-order valence-corrected chi connectivity index (χ4v) is 3.10. The van der Waals surface area contributed by atoms with Gasteiger partial charge in [-0.15, -0.1) is 0 Å². The van der Waals surface area contributed by atoms with Crippen molar-refractivity contribution in [1.82, 2.24) is 0 Å². The number of carbonyl (C=O) groups excluding carboxylic acids is 3. The third-order valence-corrected chi connectivity index (χ3v) is 4.68. The maximum atomic E-state index is 12.4. The predicted molar refractivity (Wildman–Crippen MR) is 85.7 cm³/mol. The van der Waals surface area contributed by atoms with Crippen LogP contribution >= 0.6 is 0 Å². The van der Waals surface area contributed by atoms with Gasteiger partial charge in [0.2, 0.25) is 0 Å². The third-order valence-electron chi connectivity index (χ3n) is 4.68. The number of carbonyl (C=O) groups is 3. The zero-order chi connectivity index (χ0) is 16.0. The van der Waals surface area contributed by atoms with Gasteiger partial charge in [0.1, 0.15) is 0 Å². The molecule has 0 aromatic heterocycles. The van der Waals surface area contributed by atoms with Crippen LogP contribution in [0.25, 0.3) is 0 Å². The Labute approximate surface area is 133 Å². The van der Waals surface area contributed by atoms with Crippen molar-refractivity contribution >= 4 is 23.3 Å². The monoisotopic (exact) mass is 305 g/mol. The summed E-state index contributed by atoms with van der Waals surface area (Å²) in [6, 6.07) is 13.6. The van der Waals surface area contributed by atoms with Crippen LogP contribution in [0, 0.1) is 5.92 Å². The van der Waals surface area contributed by atoms with E-state index in [0.717, 1.165) is 19.3 Å². The van der Waals surface area contributed by atoms with E-state index in [1.165, 1.54) is 4.90 Å². The molecule has 0 radical (unpaired) electrons. The number of imide groups is 1. The predicted octanol–water partition coefficient (Wildman–Crippen LogP) is 3.47. The smallest absolute Gasteiger partial charge is 0.266 e. The summed E-state index contributed by atoms with van der Waals surface area (Å²) >= 11 is 0. The van der Waals surface area contributed by atoms with Gasteiger partial charge in [-0.05, 0) is 49.2 Å². The Kier molecular flexibility index (Phi) is 3.11. The molecule has 4 heteroatoms. The van der Waals surface area contributed by atoms with E-state index >= 15 is 0 Å². The Balaban J connectivity index is 1.63. The van der Waals surface area contributed by atoms with E-state index in [4.69, 9.17) is 0 Å². The maximum Gasteiger partial charge on any atom is 0.266 e. The SMILES string of the molecule is O=C(c1ccc(N2C(=O)c3ccccc3C2=O)cc1)C1CCC1. The highest BCUT2D eigenvalue weighted by Crippen LogP contribution is 2.32. The van der Waals surface area contributed by atoms with Crippen LogP contribution in [0.1, 0.15) is 50.3 Å². The molecule has 0 atom stereocenters. The largest absolute Gasteiger partial charge is 0.294 e. The molecule has 1 aliphatic carbocycles. The highest BCUT2D eigenvalue weighted by atomic mass is 16.2. The minimum absolute atomic E-state index is 0.139. The normalized spacial score (nSPS) is 17.1. The topological polar surface area (TPSA) is 54.5 Å². The van der Waals surface area contributed by atoms with Gasteiger partial charge in [0.25, 0.3) is 11.8 Å². The quantitative estimate of drug-likeness (QED) is 0.644. The summed E-state index contributed by atoms with van der Waals surface area (Å²) in [4.78, 5) is 38.2. The standard InChI is InChI=1S/C19H15NO3/c21-17(12-4-3-5-12)13-8-10-14(11-9-13)20-18(22)15-6-1-2-7-16(15)19(20)23/h1-2,6-12H,3-5H2. The first-order chi connectivity index (χ1) is 11.2. The molecule has 2 aliphatic rings. The summed E-state index contributed by atoms with van der Waals surface area (Å²) in [6.45, 7) is 0. The molecule has 2 aromatic carbocycles. The highest BCUT2D eigenvalue weighted by molar-refractivity contribution is 6.34. The lowest BCUT2D eigenvalue weighted by Gasteiger charge is -2.24. The number of rotatable bonds is 3. The van der Waals surface area contributed by atoms with Crippen LogP contribution in [0.5, 0.6) is 0 Å². The first kappa shape index (κ1) is 13.9. The van der Waals surface area contributed by atoms with Gasteiger partial charge >= 0.3 is 0 Å². The molecule has 0 saturated heterocycles. The highest BCUT2D eigenvalue weighted by Gasteiger charge is 2.36. The van der Waals surface area contributed by atoms with E-state index in [1.54, 1.807) is 48.5 Å². The second-order valence-electron chi connectivity index (χ2n) is 6.03. The van der Waals surface area contributed by atoms with Crippen LogP contribution in [-0.2, 0) is 0 Å². The van der Waals surface area contributed by atoms with Crippen molar-refractivity contribution in [3.8, 4) is 0 Å². The van der Waals surface area contributed by atoms with Crippen molar-refractivity contribution in [3.05, 3.63) is 65.2 Å². The summed E-state index contributed by atoms with van der Waals surface area (Å²) in [5.74, 6) is -0.336. The number of hydrogen-bond acceptors (Lipinski definition) is 3. The fourth-order valence-electron chi connectivity index (χ4n) is 3.10. The van der Waals surface area contributed by atoms with Crippen molar-refractivity contribution in [2.24, 2.45) is 5.92 Å². The molecule has 1 heterocycles. The fraction of sp³-hybridized carbons (Fsp3) is 0.211. The number of benzene rings is 2. The van der Waals surface area contributed by atoms with E-state index in [1.807, 2.05) is 0 Å².